The van der Waals surface area contributed by atoms with E-state index in [4.69, 9.17) is 4.74 Å². The van der Waals surface area contributed by atoms with Crippen molar-refractivity contribution in [2.75, 3.05) is 0 Å². The van der Waals surface area contributed by atoms with Crippen LogP contribution in [0.3, 0.4) is 0 Å². The molecule has 3 nitrogen and oxygen atoms in total. The largest absolute Gasteiger partial charge is 0.449 e. The lowest BCUT2D eigenvalue weighted by molar-refractivity contribution is -0.288. The molecule has 0 aromatic heterocycles. The minimum absolute atomic E-state index is 0.0333. The SMILES string of the molecule is CCC(C)(C)C(=O)OC(C)(C1CCC(C(C)(C)O)CC1)C(F)(F)F. The highest BCUT2D eigenvalue weighted by Crippen LogP contribution is 2.48. The lowest BCUT2D eigenvalue weighted by Crippen LogP contribution is -2.55. The molecule has 1 unspecified atom stereocenters. The summed E-state index contributed by atoms with van der Waals surface area (Å²) in [5.74, 6) is -1.63. The second-order valence-electron chi connectivity index (χ2n) is 8.43. The Balaban J connectivity index is 2.97. The molecule has 1 aliphatic rings. The van der Waals surface area contributed by atoms with Crippen molar-refractivity contribution in [1.82, 2.24) is 0 Å². The van der Waals surface area contributed by atoms with Crippen LogP contribution in [0, 0.1) is 17.3 Å². The van der Waals surface area contributed by atoms with E-state index in [1.807, 2.05) is 0 Å². The monoisotopic (exact) mass is 352 g/mol. The highest BCUT2D eigenvalue weighted by atomic mass is 19.4. The molecule has 0 amide bonds. The van der Waals surface area contributed by atoms with Crippen molar-refractivity contribution < 1.29 is 27.8 Å². The van der Waals surface area contributed by atoms with Crippen LogP contribution >= 0.6 is 0 Å². The van der Waals surface area contributed by atoms with Gasteiger partial charge in [0.05, 0.1) is 11.0 Å². The van der Waals surface area contributed by atoms with Crippen molar-refractivity contribution in [3.63, 3.8) is 0 Å². The number of alkyl halides is 3. The Labute approximate surface area is 143 Å². The first-order valence-electron chi connectivity index (χ1n) is 8.67. The first kappa shape index (κ1) is 21.3. The Kier molecular flexibility index (Phi) is 6.07. The number of aliphatic hydroxyl groups is 1. The molecule has 0 aromatic carbocycles. The number of carbonyl (C=O) groups excluding carboxylic acids is 1. The normalized spacial score (nSPS) is 25.9. The van der Waals surface area contributed by atoms with Gasteiger partial charge in [0.25, 0.3) is 0 Å². The van der Waals surface area contributed by atoms with Crippen LogP contribution in [0.4, 0.5) is 13.2 Å². The third-order valence-electron chi connectivity index (χ3n) is 5.81. The van der Waals surface area contributed by atoms with Gasteiger partial charge in [0, 0.05) is 5.92 Å². The van der Waals surface area contributed by atoms with E-state index in [0.29, 0.717) is 19.3 Å². The Morgan fingerprint density at radius 3 is 1.75 bits per heavy atom. The molecule has 1 atom stereocenters. The number of rotatable bonds is 5. The Hall–Kier alpha value is -0.780. The van der Waals surface area contributed by atoms with Crippen LogP contribution in [0.5, 0.6) is 0 Å². The summed E-state index contributed by atoms with van der Waals surface area (Å²) in [5, 5.41) is 10.1. The number of carbonyl (C=O) groups is 1. The van der Waals surface area contributed by atoms with Gasteiger partial charge in [-0.25, -0.2) is 0 Å². The number of halogens is 3. The zero-order valence-corrected chi connectivity index (χ0v) is 15.6. The fourth-order valence-electron chi connectivity index (χ4n) is 3.20. The number of hydrogen-bond donors (Lipinski definition) is 1. The lowest BCUT2D eigenvalue weighted by atomic mass is 9.69. The van der Waals surface area contributed by atoms with Crippen LogP contribution in [0.2, 0.25) is 0 Å². The van der Waals surface area contributed by atoms with Crippen LogP contribution in [-0.4, -0.2) is 28.5 Å². The fraction of sp³-hybridized carbons (Fsp3) is 0.944. The van der Waals surface area contributed by atoms with Gasteiger partial charge in [-0.1, -0.05) is 6.92 Å². The quantitative estimate of drug-likeness (QED) is 0.719. The molecule has 1 aliphatic carbocycles. The minimum Gasteiger partial charge on any atom is -0.449 e. The summed E-state index contributed by atoms with van der Waals surface area (Å²) in [6.45, 7) is 9.30. The average Bonchev–Trinajstić information content (AvgIpc) is 2.45. The van der Waals surface area contributed by atoms with E-state index in [2.05, 4.69) is 0 Å². The summed E-state index contributed by atoms with van der Waals surface area (Å²) in [6.07, 6.45) is -2.66. The zero-order valence-electron chi connectivity index (χ0n) is 15.6. The first-order chi connectivity index (χ1) is 10.6. The number of ether oxygens (including phenoxy) is 1. The van der Waals surface area contributed by atoms with E-state index >= 15 is 0 Å². The molecule has 24 heavy (non-hydrogen) atoms. The molecule has 6 heteroatoms. The van der Waals surface area contributed by atoms with Gasteiger partial charge in [0.2, 0.25) is 5.60 Å². The smallest absolute Gasteiger partial charge is 0.428 e. The summed E-state index contributed by atoms with van der Waals surface area (Å²) in [5.41, 5.74) is -4.33. The van der Waals surface area contributed by atoms with Gasteiger partial charge in [-0.15, -0.1) is 0 Å². The van der Waals surface area contributed by atoms with Crippen LogP contribution in [0.1, 0.15) is 73.6 Å². The van der Waals surface area contributed by atoms with Crippen molar-refractivity contribution in [2.24, 2.45) is 17.3 Å². The molecule has 0 spiro atoms. The van der Waals surface area contributed by atoms with E-state index in [-0.39, 0.29) is 18.8 Å². The van der Waals surface area contributed by atoms with Crippen LogP contribution < -0.4 is 0 Å². The summed E-state index contributed by atoms with van der Waals surface area (Å²) >= 11 is 0. The standard InChI is InChI=1S/C18H31F3O3/c1-7-15(2,3)14(22)24-17(6,18(19,20)21)13-10-8-12(9-11-13)16(4,5)23/h12-13,23H,7-11H2,1-6H3. The van der Waals surface area contributed by atoms with Crippen molar-refractivity contribution >= 4 is 5.97 Å². The van der Waals surface area contributed by atoms with Crippen molar-refractivity contribution in [3.05, 3.63) is 0 Å². The van der Waals surface area contributed by atoms with E-state index in [1.54, 1.807) is 34.6 Å². The molecular formula is C18H31F3O3. The number of hydrogen-bond acceptors (Lipinski definition) is 3. The van der Waals surface area contributed by atoms with Gasteiger partial charge in [-0.05, 0) is 72.6 Å². The van der Waals surface area contributed by atoms with Crippen molar-refractivity contribution in [2.45, 2.75) is 91.0 Å². The molecule has 0 radical (unpaired) electrons. The molecule has 1 saturated carbocycles. The molecule has 142 valence electrons. The molecule has 1 N–H and O–H groups in total. The summed E-state index contributed by atoms with van der Waals surface area (Å²) in [7, 11) is 0. The highest BCUT2D eigenvalue weighted by Gasteiger charge is 2.60. The Morgan fingerprint density at radius 1 is 1.00 bits per heavy atom. The first-order valence-corrected chi connectivity index (χ1v) is 8.67. The molecule has 1 fully saturated rings. The average molecular weight is 352 g/mol. The van der Waals surface area contributed by atoms with E-state index in [9.17, 15) is 23.1 Å². The minimum atomic E-state index is -4.63. The number of esters is 1. The van der Waals surface area contributed by atoms with Gasteiger partial charge < -0.3 is 9.84 Å². The Morgan fingerprint density at radius 2 is 1.42 bits per heavy atom. The second-order valence-corrected chi connectivity index (χ2v) is 8.43. The lowest BCUT2D eigenvalue weighted by Gasteiger charge is -2.44. The van der Waals surface area contributed by atoms with Gasteiger partial charge in [-0.2, -0.15) is 13.2 Å². The maximum atomic E-state index is 13.7. The predicted octanol–water partition coefficient (Wildman–Crippen LogP) is 4.86. The van der Waals surface area contributed by atoms with Crippen LogP contribution in [0.25, 0.3) is 0 Å². The molecule has 0 heterocycles. The van der Waals surface area contributed by atoms with Gasteiger partial charge in [0.15, 0.2) is 0 Å². The summed E-state index contributed by atoms with van der Waals surface area (Å²) < 4.78 is 46.3. The van der Waals surface area contributed by atoms with E-state index in [1.165, 1.54) is 0 Å². The summed E-state index contributed by atoms with van der Waals surface area (Å²) in [6, 6.07) is 0. The Bertz CT molecular complexity index is 443. The fourth-order valence-corrected chi connectivity index (χ4v) is 3.20. The predicted molar refractivity (Wildman–Crippen MR) is 86.4 cm³/mol. The van der Waals surface area contributed by atoms with Gasteiger partial charge in [0.1, 0.15) is 0 Å². The van der Waals surface area contributed by atoms with Gasteiger partial charge >= 0.3 is 12.1 Å². The van der Waals surface area contributed by atoms with Crippen molar-refractivity contribution in [3.8, 4) is 0 Å². The van der Waals surface area contributed by atoms with Crippen LogP contribution in [0.15, 0.2) is 0 Å². The third kappa shape index (κ3) is 4.44. The molecule has 1 rings (SSSR count). The van der Waals surface area contributed by atoms with Gasteiger partial charge in [-0.3, -0.25) is 4.79 Å². The van der Waals surface area contributed by atoms with Crippen LogP contribution in [-0.2, 0) is 9.53 Å². The van der Waals surface area contributed by atoms with E-state index in [0.717, 1.165) is 6.92 Å². The second kappa shape index (κ2) is 6.85. The molecule has 0 saturated heterocycles. The summed E-state index contributed by atoms with van der Waals surface area (Å²) in [4.78, 5) is 12.3. The topological polar surface area (TPSA) is 46.5 Å². The highest BCUT2D eigenvalue weighted by molar-refractivity contribution is 5.76. The third-order valence-corrected chi connectivity index (χ3v) is 5.81. The van der Waals surface area contributed by atoms with E-state index < -0.39 is 34.7 Å². The zero-order chi connectivity index (χ0) is 19.0. The molecule has 0 aliphatic heterocycles. The maximum Gasteiger partial charge on any atom is 0.428 e. The van der Waals surface area contributed by atoms with Crippen molar-refractivity contribution in [1.29, 1.82) is 0 Å². The maximum absolute atomic E-state index is 13.7. The molecular weight excluding hydrogens is 321 g/mol. The molecule has 0 bridgehead atoms. The molecule has 0 aromatic rings.